The fourth-order valence-corrected chi connectivity index (χ4v) is 2.88. The minimum atomic E-state index is -0.562. The van der Waals surface area contributed by atoms with Gasteiger partial charge in [0.15, 0.2) is 0 Å². The summed E-state index contributed by atoms with van der Waals surface area (Å²) < 4.78 is 5.74. The number of nitrogens with one attached hydrogen (secondary N) is 1. The molecule has 0 bridgehead atoms. The van der Waals surface area contributed by atoms with E-state index in [4.69, 9.17) is 4.74 Å². The third-order valence-corrected chi connectivity index (χ3v) is 4.44. The molecule has 0 atom stereocenters. The summed E-state index contributed by atoms with van der Waals surface area (Å²) in [5, 5.41) is 13.9. The molecule has 0 saturated carbocycles. The zero-order valence-electron chi connectivity index (χ0n) is 14.4. The Morgan fingerprint density at radius 1 is 1.00 bits per heavy atom. The maximum absolute atomic E-state index is 12.6. The third kappa shape index (κ3) is 4.65. The number of amides is 1. The summed E-state index contributed by atoms with van der Waals surface area (Å²) in [6.07, 6.45) is 1.84. The normalized spacial score (nSPS) is 10.3. The number of nitro groups is 1. The van der Waals surface area contributed by atoms with Crippen molar-refractivity contribution >= 4 is 29.0 Å². The Balaban J connectivity index is 1.82. The molecule has 0 fully saturated rings. The van der Waals surface area contributed by atoms with Crippen LogP contribution in [-0.4, -0.2) is 17.1 Å². The first-order chi connectivity index (χ1) is 13.1. The minimum Gasteiger partial charge on any atom is -0.457 e. The maximum Gasteiger partial charge on any atom is 0.282 e. The van der Waals surface area contributed by atoms with Gasteiger partial charge < -0.3 is 10.1 Å². The van der Waals surface area contributed by atoms with Gasteiger partial charge in [0.2, 0.25) is 0 Å². The molecule has 0 heterocycles. The van der Waals surface area contributed by atoms with Crippen molar-refractivity contribution in [3.63, 3.8) is 0 Å². The number of carbonyl (C=O) groups is 1. The number of carbonyl (C=O) groups excluding carboxylic acids is 1. The van der Waals surface area contributed by atoms with Gasteiger partial charge in [0.1, 0.15) is 17.1 Å². The molecule has 0 saturated heterocycles. The zero-order valence-corrected chi connectivity index (χ0v) is 15.2. The van der Waals surface area contributed by atoms with E-state index in [1.165, 1.54) is 23.9 Å². The van der Waals surface area contributed by atoms with Crippen LogP contribution in [0.1, 0.15) is 10.4 Å². The van der Waals surface area contributed by atoms with Crippen LogP contribution in [0.2, 0.25) is 0 Å². The summed E-state index contributed by atoms with van der Waals surface area (Å²) in [5.41, 5.74) is 0.264. The molecular formula is C20H16N2O4S. The van der Waals surface area contributed by atoms with Crippen molar-refractivity contribution in [2.75, 3.05) is 11.6 Å². The second-order valence-corrected chi connectivity index (χ2v) is 6.42. The molecule has 6 nitrogen and oxygen atoms in total. The van der Waals surface area contributed by atoms with E-state index in [0.29, 0.717) is 17.2 Å². The molecule has 27 heavy (non-hydrogen) atoms. The van der Waals surface area contributed by atoms with Crippen molar-refractivity contribution in [3.8, 4) is 11.5 Å². The van der Waals surface area contributed by atoms with Gasteiger partial charge in [0.25, 0.3) is 11.6 Å². The van der Waals surface area contributed by atoms with Gasteiger partial charge in [-0.05, 0) is 42.7 Å². The smallest absolute Gasteiger partial charge is 0.282 e. The first-order valence-corrected chi connectivity index (χ1v) is 9.26. The van der Waals surface area contributed by atoms with Crippen LogP contribution in [0, 0.1) is 10.1 Å². The van der Waals surface area contributed by atoms with E-state index in [9.17, 15) is 14.9 Å². The fourth-order valence-electron chi connectivity index (χ4n) is 2.44. The third-order valence-electron chi connectivity index (χ3n) is 3.72. The topological polar surface area (TPSA) is 81.5 Å². The first kappa shape index (κ1) is 18.5. The Morgan fingerprint density at radius 2 is 1.74 bits per heavy atom. The number of hydrogen-bond donors (Lipinski definition) is 1. The average molecular weight is 380 g/mol. The van der Waals surface area contributed by atoms with Crippen LogP contribution < -0.4 is 10.1 Å². The van der Waals surface area contributed by atoms with Crippen LogP contribution in [0.3, 0.4) is 0 Å². The van der Waals surface area contributed by atoms with E-state index in [0.717, 1.165) is 4.90 Å². The van der Waals surface area contributed by atoms with Gasteiger partial charge in [0.05, 0.1) is 4.92 Å². The monoisotopic (exact) mass is 380 g/mol. The van der Waals surface area contributed by atoms with Gasteiger partial charge in [0, 0.05) is 22.7 Å². The lowest BCUT2D eigenvalue weighted by Crippen LogP contribution is -2.14. The van der Waals surface area contributed by atoms with Crippen LogP contribution in [-0.2, 0) is 0 Å². The lowest BCUT2D eigenvalue weighted by atomic mass is 10.1. The van der Waals surface area contributed by atoms with Gasteiger partial charge in [-0.3, -0.25) is 14.9 Å². The number of benzene rings is 3. The Labute approximate surface area is 160 Å². The van der Waals surface area contributed by atoms with Crippen molar-refractivity contribution < 1.29 is 14.5 Å². The zero-order chi connectivity index (χ0) is 19.2. The van der Waals surface area contributed by atoms with E-state index in [2.05, 4.69) is 5.32 Å². The van der Waals surface area contributed by atoms with E-state index >= 15 is 0 Å². The SMILES string of the molecule is CSc1ccc([N+](=O)[O-])c(C(=O)Nc2cccc(Oc3ccccc3)c2)c1. The number of thioether (sulfide) groups is 1. The molecule has 7 heteroatoms. The molecule has 0 aliphatic heterocycles. The molecule has 0 aliphatic carbocycles. The number of anilines is 1. The van der Waals surface area contributed by atoms with Crippen LogP contribution in [0.15, 0.2) is 77.7 Å². The molecule has 0 aliphatic rings. The second kappa shape index (κ2) is 8.37. The molecule has 1 N–H and O–H groups in total. The summed E-state index contributed by atoms with van der Waals surface area (Å²) in [5.74, 6) is 0.671. The molecule has 3 aromatic rings. The van der Waals surface area contributed by atoms with Crippen molar-refractivity contribution in [2.45, 2.75) is 4.90 Å². The van der Waals surface area contributed by atoms with Crippen LogP contribution in [0.5, 0.6) is 11.5 Å². The largest absolute Gasteiger partial charge is 0.457 e. The number of para-hydroxylation sites is 1. The average Bonchev–Trinajstić information content (AvgIpc) is 2.68. The van der Waals surface area contributed by atoms with E-state index in [1.54, 1.807) is 30.3 Å². The van der Waals surface area contributed by atoms with Crippen molar-refractivity contribution in [1.29, 1.82) is 0 Å². The highest BCUT2D eigenvalue weighted by atomic mass is 32.2. The van der Waals surface area contributed by atoms with Gasteiger partial charge in [-0.1, -0.05) is 24.3 Å². The first-order valence-electron chi connectivity index (χ1n) is 8.03. The van der Waals surface area contributed by atoms with Gasteiger partial charge >= 0.3 is 0 Å². The summed E-state index contributed by atoms with van der Waals surface area (Å²) in [6.45, 7) is 0. The lowest BCUT2D eigenvalue weighted by molar-refractivity contribution is -0.385. The van der Waals surface area contributed by atoms with E-state index in [1.807, 2.05) is 36.6 Å². The highest BCUT2D eigenvalue weighted by molar-refractivity contribution is 7.98. The summed E-state index contributed by atoms with van der Waals surface area (Å²) >= 11 is 1.41. The Kier molecular flexibility index (Phi) is 5.73. The molecule has 3 rings (SSSR count). The minimum absolute atomic E-state index is 0.0150. The maximum atomic E-state index is 12.6. The number of hydrogen-bond acceptors (Lipinski definition) is 5. The highest BCUT2D eigenvalue weighted by Gasteiger charge is 2.21. The summed E-state index contributed by atoms with van der Waals surface area (Å²) in [6, 6.07) is 20.6. The molecule has 136 valence electrons. The lowest BCUT2D eigenvalue weighted by Gasteiger charge is -2.10. The number of nitro benzene ring substituents is 1. The predicted octanol–water partition coefficient (Wildman–Crippen LogP) is 5.36. The quantitative estimate of drug-likeness (QED) is 0.354. The van der Waals surface area contributed by atoms with Gasteiger partial charge in [-0.2, -0.15) is 0 Å². The number of nitrogens with zero attached hydrogens (tertiary/aromatic N) is 1. The van der Waals surface area contributed by atoms with Crippen LogP contribution in [0.4, 0.5) is 11.4 Å². The molecule has 0 unspecified atom stereocenters. The number of ether oxygens (including phenoxy) is 1. The van der Waals surface area contributed by atoms with Crippen LogP contribution in [0.25, 0.3) is 0 Å². The summed E-state index contributed by atoms with van der Waals surface area (Å²) in [7, 11) is 0. The van der Waals surface area contributed by atoms with E-state index < -0.39 is 10.8 Å². The molecule has 1 amide bonds. The van der Waals surface area contributed by atoms with Crippen LogP contribution >= 0.6 is 11.8 Å². The molecule has 3 aromatic carbocycles. The van der Waals surface area contributed by atoms with Crippen molar-refractivity contribution in [1.82, 2.24) is 0 Å². The van der Waals surface area contributed by atoms with Gasteiger partial charge in [-0.15, -0.1) is 11.8 Å². The standard InChI is InChI=1S/C20H16N2O4S/c1-27-17-10-11-19(22(24)25)18(13-17)20(23)21-14-6-5-9-16(12-14)26-15-7-3-2-4-8-15/h2-13H,1H3,(H,21,23). The van der Waals surface area contributed by atoms with Crippen molar-refractivity contribution in [2.24, 2.45) is 0 Å². The summed E-state index contributed by atoms with van der Waals surface area (Å²) in [4.78, 5) is 24.1. The molecule has 0 radical (unpaired) electrons. The molecule has 0 spiro atoms. The Morgan fingerprint density at radius 3 is 2.44 bits per heavy atom. The van der Waals surface area contributed by atoms with E-state index in [-0.39, 0.29) is 11.3 Å². The fraction of sp³-hybridized carbons (Fsp3) is 0.0500. The van der Waals surface area contributed by atoms with Crippen molar-refractivity contribution in [3.05, 3.63) is 88.5 Å². The van der Waals surface area contributed by atoms with Gasteiger partial charge in [-0.25, -0.2) is 0 Å². The second-order valence-electron chi connectivity index (χ2n) is 5.54. The predicted molar refractivity (Wildman–Crippen MR) is 106 cm³/mol. The molecular weight excluding hydrogens is 364 g/mol. The Hall–Kier alpha value is -3.32. The molecule has 0 aromatic heterocycles. The Bertz CT molecular complexity index is 977. The highest BCUT2D eigenvalue weighted by Crippen LogP contribution is 2.27. The number of rotatable bonds is 6.